The van der Waals surface area contributed by atoms with Gasteiger partial charge in [0.2, 0.25) is 0 Å². The van der Waals surface area contributed by atoms with Crippen LogP contribution in [0.4, 0.5) is 18.9 Å². The molecular formula is C16H21ClF3N. The summed E-state index contributed by atoms with van der Waals surface area (Å²) in [6.07, 6.45) is -1.31. The lowest BCUT2D eigenvalue weighted by molar-refractivity contribution is -0.137. The van der Waals surface area contributed by atoms with Crippen LogP contribution in [-0.4, -0.2) is 6.04 Å². The number of alkyl halides is 3. The van der Waals surface area contributed by atoms with Gasteiger partial charge in [-0.2, -0.15) is 13.2 Å². The number of benzene rings is 1. The first kappa shape index (κ1) is 16.5. The molecule has 0 spiro atoms. The Balaban J connectivity index is 2.18. The summed E-state index contributed by atoms with van der Waals surface area (Å²) >= 11 is 5.82. The maximum absolute atomic E-state index is 12.8. The van der Waals surface area contributed by atoms with Crippen molar-refractivity contribution < 1.29 is 13.2 Å². The van der Waals surface area contributed by atoms with E-state index in [2.05, 4.69) is 26.1 Å². The summed E-state index contributed by atoms with van der Waals surface area (Å²) in [5.41, 5.74) is -0.0498. The van der Waals surface area contributed by atoms with Crippen molar-refractivity contribution >= 4 is 17.3 Å². The summed E-state index contributed by atoms with van der Waals surface area (Å²) in [4.78, 5) is 0. The van der Waals surface area contributed by atoms with Crippen LogP contribution in [0.1, 0.15) is 45.6 Å². The van der Waals surface area contributed by atoms with Gasteiger partial charge < -0.3 is 5.32 Å². The molecule has 0 bridgehead atoms. The second kappa shape index (κ2) is 5.71. The zero-order valence-corrected chi connectivity index (χ0v) is 13.3. The lowest BCUT2D eigenvalue weighted by atomic mass is 9.70. The highest BCUT2D eigenvalue weighted by molar-refractivity contribution is 6.30. The fraction of sp³-hybridized carbons (Fsp3) is 0.625. The van der Waals surface area contributed by atoms with Crippen LogP contribution in [0.15, 0.2) is 18.2 Å². The molecule has 1 aliphatic rings. The van der Waals surface area contributed by atoms with Gasteiger partial charge in [0.1, 0.15) is 0 Å². The van der Waals surface area contributed by atoms with Crippen molar-refractivity contribution in [3.05, 3.63) is 28.8 Å². The highest BCUT2D eigenvalue weighted by Gasteiger charge is 2.33. The number of halogens is 4. The van der Waals surface area contributed by atoms with Gasteiger partial charge in [-0.3, -0.25) is 0 Å². The quantitative estimate of drug-likeness (QED) is 0.706. The molecule has 0 heterocycles. The topological polar surface area (TPSA) is 12.0 Å². The summed E-state index contributed by atoms with van der Waals surface area (Å²) in [6, 6.07) is 3.84. The molecule has 118 valence electrons. The maximum atomic E-state index is 12.8. The van der Waals surface area contributed by atoms with E-state index in [1.54, 1.807) is 6.07 Å². The first-order chi connectivity index (χ1) is 9.55. The van der Waals surface area contributed by atoms with Crippen molar-refractivity contribution in [2.24, 2.45) is 11.3 Å². The Labute approximate surface area is 128 Å². The van der Waals surface area contributed by atoms with Gasteiger partial charge in [0, 0.05) is 16.8 Å². The minimum absolute atomic E-state index is 0.107. The first-order valence-electron chi connectivity index (χ1n) is 7.19. The van der Waals surface area contributed by atoms with Gasteiger partial charge >= 0.3 is 6.18 Å². The largest absolute Gasteiger partial charge is 0.416 e. The van der Waals surface area contributed by atoms with E-state index in [1.807, 2.05) is 0 Å². The Hall–Kier alpha value is -0.900. The van der Waals surface area contributed by atoms with Crippen molar-refractivity contribution in [2.75, 3.05) is 5.32 Å². The molecule has 2 unspecified atom stereocenters. The Kier molecular flexibility index (Phi) is 4.48. The fourth-order valence-electron chi connectivity index (χ4n) is 3.53. The number of hydrogen-bond acceptors (Lipinski definition) is 1. The van der Waals surface area contributed by atoms with Crippen LogP contribution in [0.2, 0.25) is 5.02 Å². The Morgan fingerprint density at radius 1 is 1.19 bits per heavy atom. The second-order valence-corrected chi connectivity index (χ2v) is 7.42. The van der Waals surface area contributed by atoms with Crippen molar-refractivity contribution in [1.82, 2.24) is 0 Å². The Bertz CT molecular complexity index is 511. The van der Waals surface area contributed by atoms with E-state index >= 15 is 0 Å². The van der Waals surface area contributed by atoms with Gasteiger partial charge in [0.15, 0.2) is 0 Å². The average molecular weight is 320 g/mol. The normalized spacial score (nSPS) is 25.7. The molecule has 0 amide bonds. The molecule has 1 nitrogen and oxygen atoms in total. The van der Waals surface area contributed by atoms with E-state index in [-0.39, 0.29) is 16.5 Å². The molecule has 0 aliphatic heterocycles. The van der Waals surface area contributed by atoms with Crippen LogP contribution in [0.5, 0.6) is 0 Å². The summed E-state index contributed by atoms with van der Waals surface area (Å²) in [5.74, 6) is 0.563. The van der Waals surface area contributed by atoms with E-state index in [9.17, 15) is 13.2 Å². The number of hydrogen-bond donors (Lipinski definition) is 1. The van der Waals surface area contributed by atoms with Crippen LogP contribution in [0.3, 0.4) is 0 Å². The predicted octanol–water partition coefficient (Wildman–Crippen LogP) is 5.99. The number of nitrogens with one attached hydrogen (secondary N) is 1. The van der Waals surface area contributed by atoms with Crippen LogP contribution >= 0.6 is 11.6 Å². The van der Waals surface area contributed by atoms with Crippen molar-refractivity contribution in [3.63, 3.8) is 0 Å². The Morgan fingerprint density at radius 3 is 2.43 bits per heavy atom. The average Bonchev–Trinajstić information content (AvgIpc) is 2.23. The number of anilines is 1. The van der Waals surface area contributed by atoms with Gasteiger partial charge in [0.25, 0.3) is 0 Å². The molecule has 1 aliphatic carbocycles. The maximum Gasteiger partial charge on any atom is 0.416 e. The first-order valence-corrected chi connectivity index (χ1v) is 7.57. The van der Waals surface area contributed by atoms with Gasteiger partial charge in [-0.25, -0.2) is 0 Å². The van der Waals surface area contributed by atoms with E-state index in [4.69, 9.17) is 11.6 Å². The predicted molar refractivity (Wildman–Crippen MR) is 80.7 cm³/mol. The summed E-state index contributed by atoms with van der Waals surface area (Å²) in [7, 11) is 0. The molecule has 5 heteroatoms. The third kappa shape index (κ3) is 4.53. The van der Waals surface area contributed by atoms with Gasteiger partial charge in [-0.05, 0) is 48.8 Å². The van der Waals surface area contributed by atoms with Crippen molar-refractivity contribution in [2.45, 2.75) is 52.3 Å². The molecule has 1 N–H and O–H groups in total. The SMILES string of the molecule is CC1CC(Nc2cc(Cl)cc(C(F)(F)F)c2)CC(C)(C)C1. The molecule has 2 rings (SSSR count). The van der Waals surface area contributed by atoms with Crippen LogP contribution < -0.4 is 5.32 Å². The molecular weight excluding hydrogens is 299 g/mol. The molecule has 1 fully saturated rings. The molecule has 1 aromatic carbocycles. The minimum Gasteiger partial charge on any atom is -0.382 e. The Morgan fingerprint density at radius 2 is 1.86 bits per heavy atom. The molecule has 0 saturated heterocycles. The highest BCUT2D eigenvalue weighted by Crippen LogP contribution is 2.40. The molecule has 21 heavy (non-hydrogen) atoms. The fourth-order valence-corrected chi connectivity index (χ4v) is 3.76. The molecule has 0 aromatic heterocycles. The van der Waals surface area contributed by atoms with E-state index in [0.717, 1.165) is 31.4 Å². The van der Waals surface area contributed by atoms with Crippen LogP contribution in [0, 0.1) is 11.3 Å². The third-order valence-electron chi connectivity index (χ3n) is 3.98. The van der Waals surface area contributed by atoms with Gasteiger partial charge in [0.05, 0.1) is 5.56 Å². The summed E-state index contributed by atoms with van der Waals surface area (Å²) in [5, 5.41) is 3.34. The lowest BCUT2D eigenvalue weighted by Gasteiger charge is -2.39. The van der Waals surface area contributed by atoms with E-state index in [0.29, 0.717) is 11.6 Å². The van der Waals surface area contributed by atoms with Crippen molar-refractivity contribution in [1.29, 1.82) is 0 Å². The molecule has 2 atom stereocenters. The zero-order valence-electron chi connectivity index (χ0n) is 12.5. The standard InChI is InChI=1S/C16H21ClF3N/c1-10-4-14(9-15(2,3)8-10)21-13-6-11(16(18,19)20)5-12(17)7-13/h5-7,10,14,21H,4,8-9H2,1-3H3. The zero-order chi connectivity index (χ0) is 15.8. The van der Waals surface area contributed by atoms with Crippen molar-refractivity contribution in [3.8, 4) is 0 Å². The van der Waals surface area contributed by atoms with E-state index < -0.39 is 11.7 Å². The van der Waals surface area contributed by atoms with Gasteiger partial charge in [-0.15, -0.1) is 0 Å². The smallest absolute Gasteiger partial charge is 0.382 e. The molecule has 0 radical (unpaired) electrons. The summed E-state index contributed by atoms with van der Waals surface area (Å²) in [6.45, 7) is 6.60. The van der Waals surface area contributed by atoms with E-state index in [1.165, 1.54) is 0 Å². The third-order valence-corrected chi connectivity index (χ3v) is 4.20. The number of rotatable bonds is 2. The highest BCUT2D eigenvalue weighted by atomic mass is 35.5. The summed E-state index contributed by atoms with van der Waals surface area (Å²) < 4.78 is 38.5. The molecule has 1 aromatic rings. The monoisotopic (exact) mass is 319 g/mol. The van der Waals surface area contributed by atoms with Crippen LogP contribution in [-0.2, 0) is 6.18 Å². The van der Waals surface area contributed by atoms with Crippen LogP contribution in [0.25, 0.3) is 0 Å². The minimum atomic E-state index is -4.37. The van der Waals surface area contributed by atoms with Gasteiger partial charge in [-0.1, -0.05) is 32.4 Å². The lowest BCUT2D eigenvalue weighted by Crippen LogP contribution is -2.35. The second-order valence-electron chi connectivity index (χ2n) is 6.98. The molecule has 1 saturated carbocycles.